The number of terminal acetylenes is 1. The van der Waals surface area contributed by atoms with E-state index in [1.807, 2.05) is 0 Å². The Morgan fingerprint density at radius 2 is 2.12 bits per heavy atom. The number of hydrogen-bond donors (Lipinski definition) is 1. The zero-order valence-electron chi connectivity index (χ0n) is 8.86. The van der Waals surface area contributed by atoms with Crippen molar-refractivity contribution in [1.29, 1.82) is 5.26 Å². The van der Waals surface area contributed by atoms with Crippen LogP contribution >= 0.6 is 0 Å². The van der Waals surface area contributed by atoms with E-state index in [4.69, 9.17) is 11.7 Å². The van der Waals surface area contributed by atoms with Crippen molar-refractivity contribution in [3.63, 3.8) is 0 Å². The fourth-order valence-electron chi connectivity index (χ4n) is 0.998. The van der Waals surface area contributed by atoms with Crippen molar-refractivity contribution < 1.29 is 9.53 Å². The summed E-state index contributed by atoms with van der Waals surface area (Å²) in [5.74, 6) is 7.09. The summed E-state index contributed by atoms with van der Waals surface area (Å²) in [5.41, 5.74) is 1.25. The average Bonchev–Trinajstić information content (AvgIpc) is 2.35. The first-order chi connectivity index (χ1) is 8.26. The summed E-state index contributed by atoms with van der Waals surface area (Å²) in [7, 11) is 0. The third-order valence-electron chi connectivity index (χ3n) is 1.68. The Hall–Kier alpha value is -2.90. The minimum absolute atomic E-state index is 0.0719. The fraction of sp³-hybridized carbons (Fsp3) is 0.0769. The lowest BCUT2D eigenvalue weighted by Crippen LogP contribution is -2.13. The predicted molar refractivity (Wildman–Crippen MR) is 62.7 cm³/mol. The lowest BCUT2D eigenvalue weighted by Gasteiger charge is -2.04. The minimum atomic E-state index is -0.612. The van der Waals surface area contributed by atoms with Gasteiger partial charge in [0.25, 0.3) is 0 Å². The van der Waals surface area contributed by atoms with Crippen LogP contribution in [0, 0.1) is 35.5 Å². The van der Waals surface area contributed by atoms with E-state index in [1.54, 1.807) is 30.3 Å². The first kappa shape index (κ1) is 12.2. The van der Waals surface area contributed by atoms with E-state index >= 15 is 0 Å². The van der Waals surface area contributed by atoms with E-state index in [-0.39, 0.29) is 6.61 Å². The number of amides is 1. The van der Waals surface area contributed by atoms with Gasteiger partial charge in [0.05, 0.1) is 0 Å². The van der Waals surface area contributed by atoms with Gasteiger partial charge in [0, 0.05) is 17.2 Å². The molecule has 0 aliphatic heterocycles. The summed E-state index contributed by atoms with van der Waals surface area (Å²) in [6.07, 6.45) is 4.33. The van der Waals surface area contributed by atoms with Gasteiger partial charge in [0.2, 0.25) is 0 Å². The molecule has 0 aromatic heterocycles. The molecular formula is C13H8N2O2. The summed E-state index contributed by atoms with van der Waals surface area (Å²) in [6.45, 7) is -0.0719. The highest BCUT2D eigenvalue weighted by atomic mass is 16.5. The largest absolute Gasteiger partial charge is 0.436 e. The number of benzene rings is 1. The van der Waals surface area contributed by atoms with Crippen molar-refractivity contribution in [3.05, 3.63) is 29.8 Å². The van der Waals surface area contributed by atoms with E-state index in [0.29, 0.717) is 11.3 Å². The highest BCUT2D eigenvalue weighted by Gasteiger charge is 2.01. The van der Waals surface area contributed by atoms with Crippen LogP contribution < -0.4 is 5.32 Å². The third-order valence-corrected chi connectivity index (χ3v) is 1.68. The molecule has 4 nitrogen and oxygen atoms in total. The molecule has 82 valence electrons. The first-order valence-corrected chi connectivity index (χ1v) is 4.63. The second-order valence-corrected chi connectivity index (χ2v) is 2.84. The maximum atomic E-state index is 11.1. The molecule has 0 unspecified atom stereocenters. The summed E-state index contributed by atoms with van der Waals surface area (Å²) in [5, 5.41) is 10.8. The maximum absolute atomic E-state index is 11.1. The molecule has 0 saturated heterocycles. The Balaban J connectivity index is 2.60. The predicted octanol–water partition coefficient (Wildman–Crippen LogP) is 1.74. The Bertz CT molecular complexity index is 536. The Labute approximate surface area is 99.2 Å². The molecule has 0 bridgehead atoms. The van der Waals surface area contributed by atoms with Crippen molar-refractivity contribution in [3.8, 4) is 30.3 Å². The van der Waals surface area contributed by atoms with Crippen LogP contribution in [-0.2, 0) is 4.74 Å². The third kappa shape index (κ3) is 4.42. The second kappa shape index (κ2) is 6.56. The Kier molecular flexibility index (Phi) is 4.70. The molecule has 17 heavy (non-hydrogen) atoms. The number of carbonyl (C=O) groups excluding carboxylic acids is 1. The monoisotopic (exact) mass is 224 g/mol. The molecule has 0 saturated carbocycles. The van der Waals surface area contributed by atoms with Gasteiger partial charge in [-0.1, -0.05) is 11.8 Å². The van der Waals surface area contributed by atoms with Crippen LogP contribution in [0.4, 0.5) is 10.5 Å². The van der Waals surface area contributed by atoms with Gasteiger partial charge in [-0.05, 0) is 24.3 Å². The van der Waals surface area contributed by atoms with Gasteiger partial charge in [0.1, 0.15) is 0 Å². The van der Waals surface area contributed by atoms with Gasteiger partial charge in [-0.15, -0.1) is 6.42 Å². The second-order valence-electron chi connectivity index (χ2n) is 2.84. The summed E-state index contributed by atoms with van der Waals surface area (Å²) >= 11 is 0. The molecule has 0 fully saturated rings. The lowest BCUT2D eigenvalue weighted by atomic mass is 10.2. The van der Waals surface area contributed by atoms with Gasteiger partial charge < -0.3 is 4.74 Å². The highest BCUT2D eigenvalue weighted by molar-refractivity contribution is 5.84. The SMILES string of the molecule is C#CCOC(=O)Nc1ccc(C#CC#N)cc1. The number of rotatable bonds is 2. The topological polar surface area (TPSA) is 62.1 Å². The van der Waals surface area contributed by atoms with Crippen molar-refractivity contribution in [2.45, 2.75) is 0 Å². The molecule has 0 spiro atoms. The van der Waals surface area contributed by atoms with E-state index in [1.165, 1.54) is 0 Å². The lowest BCUT2D eigenvalue weighted by molar-refractivity contribution is 0.176. The number of hydrogen-bond acceptors (Lipinski definition) is 3. The molecule has 0 heterocycles. The van der Waals surface area contributed by atoms with Crippen molar-refractivity contribution in [1.82, 2.24) is 0 Å². The number of nitrogens with one attached hydrogen (secondary N) is 1. The molecular weight excluding hydrogens is 216 g/mol. The van der Waals surface area contributed by atoms with Crippen LogP contribution in [0.3, 0.4) is 0 Å². The van der Waals surface area contributed by atoms with Crippen LogP contribution in [0.25, 0.3) is 0 Å². The number of ether oxygens (including phenoxy) is 1. The van der Waals surface area contributed by atoms with Crippen LogP contribution in [0.2, 0.25) is 0 Å². The molecule has 0 aliphatic rings. The van der Waals surface area contributed by atoms with E-state index in [0.717, 1.165) is 0 Å². The summed E-state index contributed by atoms with van der Waals surface area (Å²) in [6, 6.07) is 8.38. The molecule has 4 heteroatoms. The van der Waals surface area contributed by atoms with Gasteiger partial charge in [0.15, 0.2) is 12.7 Å². The molecule has 0 radical (unpaired) electrons. The fourth-order valence-corrected chi connectivity index (χ4v) is 0.998. The standard InChI is InChI=1S/C13H8N2O2/c1-2-10-17-13(16)15-12-7-5-11(6-8-12)4-3-9-14/h1,5-8H,10H2,(H,15,16). The van der Waals surface area contributed by atoms with Gasteiger partial charge in [-0.2, -0.15) is 5.26 Å². The summed E-state index contributed by atoms with van der Waals surface area (Å²) < 4.78 is 4.63. The smallest absolute Gasteiger partial charge is 0.412 e. The van der Waals surface area contributed by atoms with E-state index < -0.39 is 6.09 Å². The van der Waals surface area contributed by atoms with E-state index in [9.17, 15) is 4.79 Å². The van der Waals surface area contributed by atoms with Crippen LogP contribution in [-0.4, -0.2) is 12.7 Å². The number of nitriles is 1. The van der Waals surface area contributed by atoms with E-state index in [2.05, 4.69) is 27.8 Å². The maximum Gasteiger partial charge on any atom is 0.412 e. The normalized spacial score (nSPS) is 7.88. The van der Waals surface area contributed by atoms with Crippen LogP contribution in [0.1, 0.15) is 5.56 Å². The summed E-state index contributed by atoms with van der Waals surface area (Å²) in [4.78, 5) is 11.1. The Morgan fingerprint density at radius 3 is 2.71 bits per heavy atom. The quantitative estimate of drug-likeness (QED) is 0.778. The molecule has 1 N–H and O–H groups in total. The molecule has 0 aliphatic carbocycles. The van der Waals surface area contributed by atoms with Crippen molar-refractivity contribution in [2.75, 3.05) is 11.9 Å². The molecule has 1 amide bonds. The molecule has 1 aromatic carbocycles. The number of anilines is 1. The van der Waals surface area contributed by atoms with Crippen LogP contribution in [0.5, 0.6) is 0 Å². The van der Waals surface area contributed by atoms with Crippen LogP contribution in [0.15, 0.2) is 24.3 Å². The van der Waals surface area contributed by atoms with Gasteiger partial charge >= 0.3 is 6.09 Å². The van der Waals surface area contributed by atoms with Crippen molar-refractivity contribution >= 4 is 11.8 Å². The minimum Gasteiger partial charge on any atom is -0.436 e. The molecule has 0 atom stereocenters. The van der Waals surface area contributed by atoms with Gasteiger partial charge in [-0.3, -0.25) is 5.32 Å². The number of carbonyl (C=O) groups is 1. The Morgan fingerprint density at radius 1 is 1.41 bits per heavy atom. The van der Waals surface area contributed by atoms with Crippen molar-refractivity contribution in [2.24, 2.45) is 0 Å². The van der Waals surface area contributed by atoms with Gasteiger partial charge in [-0.25, -0.2) is 4.79 Å². The molecule has 1 rings (SSSR count). The highest BCUT2D eigenvalue weighted by Crippen LogP contribution is 2.08. The molecule has 1 aromatic rings. The first-order valence-electron chi connectivity index (χ1n) is 4.63. The average molecular weight is 224 g/mol. The zero-order valence-corrected chi connectivity index (χ0v) is 8.86. The number of nitrogens with zero attached hydrogens (tertiary/aromatic N) is 1. The zero-order chi connectivity index (χ0) is 12.5.